The van der Waals surface area contributed by atoms with Crippen molar-refractivity contribution in [3.05, 3.63) is 33.9 Å². The van der Waals surface area contributed by atoms with E-state index < -0.39 is 10.9 Å². The molecule has 6 heteroatoms. The Morgan fingerprint density at radius 2 is 2.14 bits per heavy atom. The highest BCUT2D eigenvalue weighted by Gasteiger charge is 2.28. The average Bonchev–Trinajstić information content (AvgIpc) is 2.47. The minimum atomic E-state index is -1.12. The predicted octanol–water partition coefficient (Wildman–Crippen LogP) is 3.64. The smallest absolute Gasteiger partial charge is 0.335 e. The number of nitro benzene ring substituents is 1. The lowest BCUT2D eigenvalue weighted by molar-refractivity contribution is -0.386. The second-order valence-electron chi connectivity index (χ2n) is 5.35. The fraction of sp³-hybridized carbons (Fsp3) is 0.533. The van der Waals surface area contributed by atoms with Gasteiger partial charge in [-0.25, -0.2) is 4.79 Å². The SMILES string of the molecule is CCC1CCCCC1Oc1cc(C(=O)O)ccc1[N+](=O)[O-]. The molecule has 0 saturated heterocycles. The predicted molar refractivity (Wildman–Crippen MR) is 76.7 cm³/mol. The van der Waals surface area contributed by atoms with Gasteiger partial charge in [0.25, 0.3) is 0 Å². The Kier molecular flexibility index (Phi) is 4.77. The molecule has 1 fully saturated rings. The molecule has 2 atom stereocenters. The molecular formula is C15H19NO5. The quantitative estimate of drug-likeness (QED) is 0.661. The second kappa shape index (κ2) is 6.56. The molecule has 114 valence electrons. The van der Waals surface area contributed by atoms with Gasteiger partial charge in [-0.15, -0.1) is 0 Å². The zero-order valence-electron chi connectivity index (χ0n) is 11.9. The summed E-state index contributed by atoms with van der Waals surface area (Å²) in [6.07, 6.45) is 4.97. The number of carboxylic acids is 1. The Hall–Kier alpha value is -2.11. The number of carboxylic acid groups (broad SMARTS) is 1. The number of carbonyl (C=O) groups is 1. The Balaban J connectivity index is 2.29. The van der Waals surface area contributed by atoms with E-state index >= 15 is 0 Å². The third kappa shape index (κ3) is 3.51. The van der Waals surface area contributed by atoms with Crippen LogP contribution in [0.4, 0.5) is 5.69 Å². The summed E-state index contributed by atoms with van der Waals surface area (Å²) in [5.74, 6) is -0.692. The molecule has 6 nitrogen and oxygen atoms in total. The van der Waals surface area contributed by atoms with Crippen LogP contribution in [-0.2, 0) is 0 Å². The molecule has 1 saturated carbocycles. The van der Waals surface area contributed by atoms with Gasteiger partial charge in [-0.3, -0.25) is 10.1 Å². The highest BCUT2D eigenvalue weighted by Crippen LogP contribution is 2.35. The van der Waals surface area contributed by atoms with E-state index in [4.69, 9.17) is 9.84 Å². The van der Waals surface area contributed by atoms with Crippen molar-refractivity contribution in [3.63, 3.8) is 0 Å². The minimum absolute atomic E-state index is 0.000502. The number of hydrogen-bond donors (Lipinski definition) is 1. The molecule has 0 radical (unpaired) electrons. The molecule has 1 aromatic rings. The Labute approximate surface area is 122 Å². The first-order valence-corrected chi connectivity index (χ1v) is 7.21. The Morgan fingerprint density at radius 3 is 2.76 bits per heavy atom. The maximum atomic E-state index is 11.1. The van der Waals surface area contributed by atoms with Crippen LogP contribution in [-0.4, -0.2) is 22.1 Å². The van der Waals surface area contributed by atoms with Gasteiger partial charge in [-0.05, 0) is 37.7 Å². The van der Waals surface area contributed by atoms with E-state index in [1.54, 1.807) is 0 Å². The van der Waals surface area contributed by atoms with Gasteiger partial charge in [-0.2, -0.15) is 0 Å². The van der Waals surface area contributed by atoms with Crippen molar-refractivity contribution in [2.45, 2.75) is 45.1 Å². The largest absolute Gasteiger partial charge is 0.483 e. The van der Waals surface area contributed by atoms with Crippen LogP contribution >= 0.6 is 0 Å². The monoisotopic (exact) mass is 293 g/mol. The van der Waals surface area contributed by atoms with Gasteiger partial charge < -0.3 is 9.84 Å². The van der Waals surface area contributed by atoms with Gasteiger partial charge in [0.2, 0.25) is 0 Å². The summed E-state index contributed by atoms with van der Waals surface area (Å²) in [5.41, 5.74) is -0.181. The number of ether oxygens (including phenoxy) is 1. The van der Waals surface area contributed by atoms with Crippen LogP contribution in [0.2, 0.25) is 0 Å². The third-order valence-electron chi connectivity index (χ3n) is 4.05. The summed E-state index contributed by atoms with van der Waals surface area (Å²) in [7, 11) is 0. The van der Waals surface area contributed by atoms with E-state index in [1.165, 1.54) is 18.2 Å². The topological polar surface area (TPSA) is 89.7 Å². The molecule has 2 unspecified atom stereocenters. The molecule has 0 amide bonds. The van der Waals surface area contributed by atoms with E-state index in [-0.39, 0.29) is 23.1 Å². The van der Waals surface area contributed by atoms with Gasteiger partial charge in [0.15, 0.2) is 5.75 Å². The molecule has 1 N–H and O–H groups in total. The van der Waals surface area contributed by atoms with Crippen LogP contribution in [0, 0.1) is 16.0 Å². The van der Waals surface area contributed by atoms with Crippen LogP contribution in [0.1, 0.15) is 49.4 Å². The van der Waals surface area contributed by atoms with Crippen molar-refractivity contribution < 1.29 is 19.6 Å². The summed E-state index contributed by atoms with van der Waals surface area (Å²) in [6.45, 7) is 2.08. The Bertz CT molecular complexity index is 543. The molecule has 1 aliphatic carbocycles. The van der Waals surface area contributed by atoms with Crippen LogP contribution in [0.3, 0.4) is 0 Å². The number of aromatic carboxylic acids is 1. The molecule has 0 aliphatic heterocycles. The van der Waals surface area contributed by atoms with E-state index in [2.05, 4.69) is 6.92 Å². The first kappa shape index (κ1) is 15.3. The van der Waals surface area contributed by atoms with Crippen molar-refractivity contribution in [2.24, 2.45) is 5.92 Å². The van der Waals surface area contributed by atoms with Gasteiger partial charge in [0.1, 0.15) is 6.10 Å². The average molecular weight is 293 g/mol. The molecular weight excluding hydrogens is 274 g/mol. The van der Waals surface area contributed by atoms with Crippen LogP contribution in [0.5, 0.6) is 5.75 Å². The normalized spacial score (nSPS) is 21.8. The van der Waals surface area contributed by atoms with Gasteiger partial charge in [0, 0.05) is 12.1 Å². The lowest BCUT2D eigenvalue weighted by Crippen LogP contribution is -2.30. The standard InChI is InChI=1S/C15H19NO5/c1-2-10-5-3-4-6-13(10)21-14-9-11(15(17)18)7-8-12(14)16(19)20/h7-10,13H,2-6H2,1H3,(H,17,18). The van der Waals surface area contributed by atoms with Crippen LogP contribution in [0.25, 0.3) is 0 Å². The van der Waals surface area contributed by atoms with Crippen LogP contribution in [0.15, 0.2) is 18.2 Å². The fourth-order valence-electron chi connectivity index (χ4n) is 2.85. The number of nitrogens with zero attached hydrogens (tertiary/aromatic N) is 1. The minimum Gasteiger partial charge on any atom is -0.483 e. The molecule has 0 heterocycles. The summed E-state index contributed by atoms with van der Waals surface area (Å²) < 4.78 is 5.84. The van der Waals surface area contributed by atoms with E-state index in [1.807, 2.05) is 0 Å². The second-order valence-corrected chi connectivity index (χ2v) is 5.35. The zero-order chi connectivity index (χ0) is 15.4. The lowest BCUT2D eigenvalue weighted by atomic mass is 9.85. The van der Waals surface area contributed by atoms with Crippen LogP contribution < -0.4 is 4.74 Å². The summed E-state index contributed by atoms with van der Waals surface area (Å²) in [6, 6.07) is 3.68. The molecule has 0 spiro atoms. The number of nitro groups is 1. The molecule has 1 aromatic carbocycles. The summed E-state index contributed by atoms with van der Waals surface area (Å²) >= 11 is 0. The number of rotatable bonds is 5. The first-order chi connectivity index (χ1) is 10.0. The molecule has 1 aliphatic rings. The van der Waals surface area contributed by atoms with Crippen molar-refractivity contribution in [2.75, 3.05) is 0 Å². The number of benzene rings is 1. The first-order valence-electron chi connectivity index (χ1n) is 7.21. The van der Waals surface area contributed by atoms with Crippen molar-refractivity contribution in [1.82, 2.24) is 0 Å². The zero-order valence-corrected chi connectivity index (χ0v) is 11.9. The van der Waals surface area contributed by atoms with Crippen molar-refractivity contribution in [1.29, 1.82) is 0 Å². The molecule has 0 aromatic heterocycles. The van der Waals surface area contributed by atoms with Crippen molar-refractivity contribution in [3.8, 4) is 5.75 Å². The van der Waals surface area contributed by atoms with E-state index in [9.17, 15) is 14.9 Å². The maximum Gasteiger partial charge on any atom is 0.335 e. The third-order valence-corrected chi connectivity index (χ3v) is 4.05. The fourth-order valence-corrected chi connectivity index (χ4v) is 2.85. The highest BCUT2D eigenvalue weighted by atomic mass is 16.6. The Morgan fingerprint density at radius 1 is 1.43 bits per heavy atom. The molecule has 2 rings (SSSR count). The summed E-state index contributed by atoms with van der Waals surface area (Å²) in [4.78, 5) is 21.6. The van der Waals surface area contributed by atoms with Gasteiger partial charge >= 0.3 is 11.7 Å². The summed E-state index contributed by atoms with van der Waals surface area (Å²) in [5, 5.41) is 20.1. The van der Waals surface area contributed by atoms with Gasteiger partial charge in [-0.1, -0.05) is 13.3 Å². The molecule has 21 heavy (non-hydrogen) atoms. The maximum absolute atomic E-state index is 11.1. The lowest BCUT2D eigenvalue weighted by Gasteiger charge is -2.31. The van der Waals surface area contributed by atoms with Gasteiger partial charge in [0.05, 0.1) is 10.5 Å². The highest BCUT2D eigenvalue weighted by molar-refractivity contribution is 5.88. The van der Waals surface area contributed by atoms with Crippen molar-refractivity contribution >= 4 is 11.7 Å². The number of hydrogen-bond acceptors (Lipinski definition) is 4. The van der Waals surface area contributed by atoms with E-state index in [0.29, 0.717) is 5.92 Å². The van der Waals surface area contributed by atoms with E-state index in [0.717, 1.165) is 32.1 Å². The molecule has 0 bridgehead atoms.